The first-order valence-corrected chi connectivity index (χ1v) is 2.51. The van der Waals surface area contributed by atoms with E-state index in [9.17, 15) is 9.18 Å². The average Bonchev–Trinajstić information content (AvgIpc) is 1.84. The van der Waals surface area contributed by atoms with Crippen LogP contribution in [-0.4, -0.2) is 13.1 Å². The number of hydrogen-bond acceptors (Lipinski definition) is 2. The number of carbonyl (C=O) groups excluding carboxylic acids is 1. The van der Waals surface area contributed by atoms with Gasteiger partial charge in [0.2, 0.25) is 5.83 Å². The first kappa shape index (κ1) is 8.14. The Morgan fingerprint density at radius 2 is 1.89 bits per heavy atom. The van der Waals surface area contributed by atoms with Gasteiger partial charge in [-0.15, -0.1) is 0 Å². The smallest absolute Gasteiger partial charge is 0.366 e. The molecule has 0 saturated heterocycles. The Morgan fingerprint density at radius 1 is 1.44 bits per heavy atom. The van der Waals surface area contributed by atoms with E-state index < -0.39 is 11.8 Å². The quantitative estimate of drug-likeness (QED) is 0.398. The largest absolute Gasteiger partial charge is 0.464 e. The van der Waals surface area contributed by atoms with Crippen LogP contribution in [0.3, 0.4) is 0 Å². The fourth-order valence-electron chi connectivity index (χ4n) is 0.294. The third-order valence-electron chi connectivity index (χ3n) is 0.804. The number of halogens is 1. The molecule has 9 heavy (non-hydrogen) atoms. The van der Waals surface area contributed by atoms with Crippen LogP contribution in [0, 0.1) is 0 Å². The van der Waals surface area contributed by atoms with Crippen molar-refractivity contribution in [1.29, 1.82) is 0 Å². The third kappa shape index (κ3) is 2.26. The number of carbonyl (C=O) groups is 1. The van der Waals surface area contributed by atoms with Crippen molar-refractivity contribution in [2.24, 2.45) is 0 Å². The average molecular weight is 132 g/mol. The van der Waals surface area contributed by atoms with Crippen molar-refractivity contribution < 1.29 is 13.9 Å². The topological polar surface area (TPSA) is 26.3 Å². The first-order chi connectivity index (χ1) is 4.09. The number of hydrogen-bond donors (Lipinski definition) is 0. The molecule has 0 aromatic heterocycles. The van der Waals surface area contributed by atoms with Gasteiger partial charge in [0.1, 0.15) is 0 Å². The Labute approximate surface area is 53.3 Å². The number of esters is 1. The molecule has 52 valence electrons. The van der Waals surface area contributed by atoms with Crippen molar-refractivity contribution in [3.8, 4) is 0 Å². The van der Waals surface area contributed by atoms with E-state index in [0.717, 1.165) is 7.11 Å². The predicted octanol–water partition coefficient (Wildman–Crippen LogP) is 1.42. The molecule has 2 nitrogen and oxygen atoms in total. The Hall–Kier alpha value is -0.860. The zero-order chi connectivity index (χ0) is 7.44. The summed E-state index contributed by atoms with van der Waals surface area (Å²) in [6.07, 6.45) is 0. The molecular weight excluding hydrogens is 123 g/mol. The molecule has 0 aromatic rings. The van der Waals surface area contributed by atoms with E-state index in [-0.39, 0.29) is 0 Å². The standard InChI is InChI=1S/C6H9FO2/c1-4(2)5(7)6(8)9-3/h1-3H3. The highest BCUT2D eigenvalue weighted by atomic mass is 19.1. The van der Waals surface area contributed by atoms with Crippen LogP contribution < -0.4 is 0 Å². The molecule has 0 atom stereocenters. The first-order valence-electron chi connectivity index (χ1n) is 2.51. The highest BCUT2D eigenvalue weighted by Gasteiger charge is 2.08. The van der Waals surface area contributed by atoms with Crippen molar-refractivity contribution in [3.63, 3.8) is 0 Å². The van der Waals surface area contributed by atoms with Crippen molar-refractivity contribution in [1.82, 2.24) is 0 Å². The molecule has 0 unspecified atom stereocenters. The highest BCUT2D eigenvalue weighted by Crippen LogP contribution is 2.05. The van der Waals surface area contributed by atoms with E-state index >= 15 is 0 Å². The van der Waals surface area contributed by atoms with Gasteiger partial charge in [0, 0.05) is 0 Å². The lowest BCUT2D eigenvalue weighted by molar-refractivity contribution is -0.137. The Bertz CT molecular complexity index is 145. The minimum atomic E-state index is -0.907. The van der Waals surface area contributed by atoms with E-state index in [0.29, 0.717) is 5.57 Å². The summed E-state index contributed by atoms with van der Waals surface area (Å²) in [5.41, 5.74) is 0.335. The van der Waals surface area contributed by atoms with Gasteiger partial charge in [-0.05, 0) is 19.4 Å². The van der Waals surface area contributed by atoms with E-state index in [1.54, 1.807) is 0 Å². The Morgan fingerprint density at radius 3 is 2.00 bits per heavy atom. The third-order valence-corrected chi connectivity index (χ3v) is 0.804. The van der Waals surface area contributed by atoms with Gasteiger partial charge >= 0.3 is 5.97 Å². The summed E-state index contributed by atoms with van der Waals surface area (Å²) in [6, 6.07) is 0. The van der Waals surface area contributed by atoms with Crippen molar-refractivity contribution in [2.75, 3.05) is 7.11 Å². The normalized spacial score (nSPS) is 8.44. The molecule has 0 radical (unpaired) electrons. The van der Waals surface area contributed by atoms with Crippen LogP contribution in [-0.2, 0) is 9.53 Å². The maximum atomic E-state index is 12.3. The number of allylic oxidation sites excluding steroid dienone is 1. The Balaban J connectivity index is 4.21. The van der Waals surface area contributed by atoms with Gasteiger partial charge in [-0.3, -0.25) is 0 Å². The van der Waals surface area contributed by atoms with Crippen LogP contribution >= 0.6 is 0 Å². The molecule has 0 bridgehead atoms. The fraction of sp³-hybridized carbons (Fsp3) is 0.500. The van der Waals surface area contributed by atoms with Crippen LogP contribution in [0.15, 0.2) is 11.4 Å². The van der Waals surface area contributed by atoms with Crippen LogP contribution in [0.2, 0.25) is 0 Å². The summed E-state index contributed by atoms with van der Waals surface area (Å²) in [4.78, 5) is 10.3. The van der Waals surface area contributed by atoms with E-state index in [2.05, 4.69) is 4.74 Å². The van der Waals surface area contributed by atoms with Crippen molar-refractivity contribution >= 4 is 5.97 Å². The summed E-state index contributed by atoms with van der Waals surface area (Å²) in [6.45, 7) is 3.01. The maximum absolute atomic E-state index is 12.3. The van der Waals surface area contributed by atoms with Gasteiger partial charge in [-0.2, -0.15) is 4.39 Å². The molecule has 0 aliphatic heterocycles. The second kappa shape index (κ2) is 3.22. The van der Waals surface area contributed by atoms with Gasteiger partial charge in [0.25, 0.3) is 0 Å². The molecule has 0 heterocycles. The van der Waals surface area contributed by atoms with E-state index in [1.165, 1.54) is 13.8 Å². The molecule has 0 rings (SSSR count). The van der Waals surface area contributed by atoms with E-state index in [1.807, 2.05) is 0 Å². The number of rotatable bonds is 1. The lowest BCUT2D eigenvalue weighted by atomic mass is 10.3. The second-order valence-corrected chi connectivity index (χ2v) is 1.81. The van der Waals surface area contributed by atoms with Crippen LogP contribution in [0.5, 0.6) is 0 Å². The predicted molar refractivity (Wildman–Crippen MR) is 31.5 cm³/mol. The van der Waals surface area contributed by atoms with Gasteiger partial charge in [0.05, 0.1) is 7.11 Å². The molecular formula is C6H9FO2. The van der Waals surface area contributed by atoms with Gasteiger partial charge in [0.15, 0.2) is 0 Å². The monoisotopic (exact) mass is 132 g/mol. The minimum absolute atomic E-state index is 0.335. The summed E-state index contributed by atoms with van der Waals surface area (Å²) in [7, 11) is 1.14. The van der Waals surface area contributed by atoms with E-state index in [4.69, 9.17) is 0 Å². The maximum Gasteiger partial charge on any atom is 0.366 e. The molecule has 0 aromatic carbocycles. The SMILES string of the molecule is COC(=O)C(F)=C(C)C. The van der Waals surface area contributed by atoms with Crippen LogP contribution in [0.25, 0.3) is 0 Å². The van der Waals surface area contributed by atoms with Gasteiger partial charge in [-0.1, -0.05) is 0 Å². The molecule has 0 saturated carbocycles. The molecule has 0 aliphatic carbocycles. The number of ether oxygens (including phenoxy) is 1. The summed E-state index contributed by atoms with van der Waals surface area (Å²) >= 11 is 0. The Kier molecular flexibility index (Phi) is 2.91. The summed E-state index contributed by atoms with van der Waals surface area (Å²) < 4.78 is 16.4. The summed E-state index contributed by atoms with van der Waals surface area (Å²) in [5, 5.41) is 0. The van der Waals surface area contributed by atoms with Crippen molar-refractivity contribution in [2.45, 2.75) is 13.8 Å². The molecule has 0 fully saturated rings. The zero-order valence-electron chi connectivity index (χ0n) is 5.69. The van der Waals surface area contributed by atoms with Gasteiger partial charge < -0.3 is 4.74 Å². The molecule has 3 heteroatoms. The van der Waals surface area contributed by atoms with Gasteiger partial charge in [-0.25, -0.2) is 4.79 Å². The lowest BCUT2D eigenvalue weighted by Gasteiger charge is -1.94. The van der Waals surface area contributed by atoms with Crippen molar-refractivity contribution in [3.05, 3.63) is 11.4 Å². The molecule has 0 spiro atoms. The minimum Gasteiger partial charge on any atom is -0.464 e. The lowest BCUT2D eigenvalue weighted by Crippen LogP contribution is -2.01. The molecule has 0 amide bonds. The second-order valence-electron chi connectivity index (χ2n) is 1.81. The molecule has 0 aliphatic rings. The van der Waals surface area contributed by atoms with Crippen LogP contribution in [0.4, 0.5) is 4.39 Å². The number of methoxy groups -OCH3 is 1. The van der Waals surface area contributed by atoms with Crippen LogP contribution in [0.1, 0.15) is 13.8 Å². The fourth-order valence-corrected chi connectivity index (χ4v) is 0.294. The highest BCUT2D eigenvalue weighted by molar-refractivity contribution is 5.86. The summed E-state index contributed by atoms with van der Waals surface area (Å²) in [5.74, 6) is -1.72. The molecule has 0 N–H and O–H groups in total. The zero-order valence-corrected chi connectivity index (χ0v) is 5.69.